The lowest BCUT2D eigenvalue weighted by Crippen LogP contribution is -2.22. The molecule has 1 aromatic rings. The van der Waals surface area contributed by atoms with Crippen LogP contribution in [-0.4, -0.2) is 20.7 Å². The summed E-state index contributed by atoms with van der Waals surface area (Å²) < 4.78 is 21.6. The van der Waals surface area contributed by atoms with E-state index in [0.717, 1.165) is 5.69 Å². The maximum absolute atomic E-state index is 10.8. The molecule has 90 valence electrons. The van der Waals surface area contributed by atoms with Crippen LogP contribution in [0.3, 0.4) is 0 Å². The van der Waals surface area contributed by atoms with Crippen molar-refractivity contribution in [2.45, 2.75) is 19.8 Å². The molecule has 0 spiro atoms. The second-order valence-electron chi connectivity index (χ2n) is 4.04. The first-order valence-electron chi connectivity index (χ1n) is 5.23. The van der Waals surface area contributed by atoms with Crippen LogP contribution in [0.2, 0.25) is 0 Å². The van der Waals surface area contributed by atoms with E-state index in [1.165, 1.54) is 5.56 Å². The Hall–Kier alpha value is -1.07. The van der Waals surface area contributed by atoms with E-state index < -0.39 is 10.0 Å². The van der Waals surface area contributed by atoms with Gasteiger partial charge in [-0.05, 0) is 17.5 Å². The minimum atomic E-state index is -3.39. The number of sulfonamides is 1. The molecule has 1 rings (SSSR count). The van der Waals surface area contributed by atoms with Crippen LogP contribution in [0, 0.1) is 0 Å². The lowest BCUT2D eigenvalue weighted by Gasteiger charge is -2.13. The van der Waals surface area contributed by atoms with Crippen molar-refractivity contribution >= 4 is 15.7 Å². The number of nitrogens with two attached hydrogens (primary N) is 1. The SMILES string of the molecule is CC(C)c1ccccc1NCCS(N)(=O)=O. The van der Waals surface area contributed by atoms with Crippen molar-refractivity contribution in [3.8, 4) is 0 Å². The van der Waals surface area contributed by atoms with Crippen LogP contribution < -0.4 is 10.5 Å². The first-order valence-corrected chi connectivity index (χ1v) is 6.95. The highest BCUT2D eigenvalue weighted by Crippen LogP contribution is 2.23. The van der Waals surface area contributed by atoms with Gasteiger partial charge in [-0.15, -0.1) is 0 Å². The van der Waals surface area contributed by atoms with E-state index in [2.05, 4.69) is 19.2 Å². The van der Waals surface area contributed by atoms with Crippen LogP contribution in [0.1, 0.15) is 25.3 Å². The molecule has 0 amide bonds. The molecular formula is C11H18N2O2S. The molecule has 4 nitrogen and oxygen atoms in total. The van der Waals surface area contributed by atoms with E-state index in [-0.39, 0.29) is 5.75 Å². The third-order valence-corrected chi connectivity index (χ3v) is 3.06. The van der Waals surface area contributed by atoms with Gasteiger partial charge in [-0.2, -0.15) is 0 Å². The van der Waals surface area contributed by atoms with E-state index >= 15 is 0 Å². The molecule has 0 saturated heterocycles. The minimum Gasteiger partial charge on any atom is -0.384 e. The zero-order chi connectivity index (χ0) is 12.2. The van der Waals surface area contributed by atoms with Gasteiger partial charge in [0.05, 0.1) is 5.75 Å². The summed E-state index contributed by atoms with van der Waals surface area (Å²) in [6.45, 7) is 4.53. The van der Waals surface area contributed by atoms with Gasteiger partial charge in [0.2, 0.25) is 10.0 Å². The van der Waals surface area contributed by atoms with Gasteiger partial charge in [0.25, 0.3) is 0 Å². The van der Waals surface area contributed by atoms with Crippen molar-refractivity contribution in [1.29, 1.82) is 0 Å². The van der Waals surface area contributed by atoms with Gasteiger partial charge in [-0.25, -0.2) is 13.6 Å². The Morgan fingerprint density at radius 1 is 1.31 bits per heavy atom. The van der Waals surface area contributed by atoms with Crippen LogP contribution in [0.25, 0.3) is 0 Å². The molecule has 0 aliphatic rings. The fourth-order valence-electron chi connectivity index (χ4n) is 1.49. The molecule has 16 heavy (non-hydrogen) atoms. The van der Waals surface area contributed by atoms with Crippen molar-refractivity contribution in [1.82, 2.24) is 0 Å². The van der Waals surface area contributed by atoms with Crippen molar-refractivity contribution in [2.24, 2.45) is 5.14 Å². The zero-order valence-corrected chi connectivity index (χ0v) is 10.4. The Morgan fingerprint density at radius 2 is 1.94 bits per heavy atom. The molecule has 1 aromatic carbocycles. The number of nitrogens with one attached hydrogen (secondary N) is 1. The maximum Gasteiger partial charge on any atom is 0.210 e. The van der Waals surface area contributed by atoms with Crippen LogP contribution >= 0.6 is 0 Å². The van der Waals surface area contributed by atoms with Crippen molar-refractivity contribution in [3.63, 3.8) is 0 Å². The molecule has 0 aliphatic carbocycles. The summed E-state index contributed by atoms with van der Waals surface area (Å²) in [7, 11) is -3.39. The quantitative estimate of drug-likeness (QED) is 0.822. The fraction of sp³-hybridized carbons (Fsp3) is 0.455. The molecule has 0 bridgehead atoms. The maximum atomic E-state index is 10.8. The number of rotatable bonds is 5. The number of primary sulfonamides is 1. The van der Waals surface area contributed by atoms with E-state index in [1.807, 2.05) is 24.3 Å². The van der Waals surface area contributed by atoms with E-state index in [1.54, 1.807) is 0 Å². The van der Waals surface area contributed by atoms with Crippen LogP contribution in [-0.2, 0) is 10.0 Å². The van der Waals surface area contributed by atoms with E-state index in [9.17, 15) is 8.42 Å². The Kier molecular flexibility index (Phi) is 4.32. The lowest BCUT2D eigenvalue weighted by molar-refractivity contribution is 0.598. The van der Waals surface area contributed by atoms with E-state index in [0.29, 0.717) is 12.5 Å². The Labute approximate surface area is 96.9 Å². The summed E-state index contributed by atoms with van der Waals surface area (Å²) in [5.74, 6) is 0.345. The predicted octanol–water partition coefficient (Wildman–Crippen LogP) is 1.51. The highest BCUT2D eigenvalue weighted by molar-refractivity contribution is 7.89. The lowest BCUT2D eigenvalue weighted by atomic mass is 10.0. The zero-order valence-electron chi connectivity index (χ0n) is 9.60. The predicted molar refractivity (Wildman–Crippen MR) is 67.0 cm³/mol. The van der Waals surface area contributed by atoms with E-state index in [4.69, 9.17) is 5.14 Å². The average Bonchev–Trinajstić information content (AvgIpc) is 2.16. The molecule has 0 aromatic heterocycles. The highest BCUT2D eigenvalue weighted by Gasteiger charge is 2.06. The normalized spacial score (nSPS) is 11.8. The Morgan fingerprint density at radius 3 is 2.50 bits per heavy atom. The molecule has 0 heterocycles. The third-order valence-electron chi connectivity index (χ3n) is 2.28. The van der Waals surface area contributed by atoms with Crippen LogP contribution in [0.4, 0.5) is 5.69 Å². The third kappa shape index (κ3) is 4.20. The molecule has 0 unspecified atom stereocenters. The van der Waals surface area contributed by atoms with Gasteiger partial charge in [0, 0.05) is 12.2 Å². The molecule has 5 heteroatoms. The first-order chi connectivity index (χ1) is 7.40. The van der Waals surface area contributed by atoms with Gasteiger partial charge in [-0.1, -0.05) is 32.0 Å². The Bertz CT molecular complexity index is 441. The number of hydrogen-bond acceptors (Lipinski definition) is 3. The summed E-state index contributed by atoms with van der Waals surface area (Å²) in [4.78, 5) is 0. The smallest absolute Gasteiger partial charge is 0.210 e. The molecule has 0 radical (unpaired) electrons. The minimum absolute atomic E-state index is 0.0561. The summed E-state index contributed by atoms with van der Waals surface area (Å²) in [6.07, 6.45) is 0. The van der Waals surface area contributed by atoms with Gasteiger partial charge < -0.3 is 5.32 Å². The summed E-state index contributed by atoms with van der Waals surface area (Å²) in [5.41, 5.74) is 2.15. The second-order valence-corrected chi connectivity index (χ2v) is 5.77. The van der Waals surface area contributed by atoms with Gasteiger partial charge >= 0.3 is 0 Å². The fourth-order valence-corrected chi connectivity index (χ4v) is 1.88. The van der Waals surface area contributed by atoms with Crippen LogP contribution in [0.15, 0.2) is 24.3 Å². The van der Waals surface area contributed by atoms with Crippen molar-refractivity contribution in [2.75, 3.05) is 17.6 Å². The standard InChI is InChI=1S/C11H18N2O2S/c1-9(2)10-5-3-4-6-11(10)13-7-8-16(12,14)15/h3-6,9,13H,7-8H2,1-2H3,(H2,12,14,15). The monoisotopic (exact) mass is 242 g/mol. The molecule has 3 N–H and O–H groups in total. The van der Waals surface area contributed by atoms with Gasteiger partial charge in [0.15, 0.2) is 0 Å². The highest BCUT2D eigenvalue weighted by atomic mass is 32.2. The van der Waals surface area contributed by atoms with Crippen LogP contribution in [0.5, 0.6) is 0 Å². The number of para-hydroxylation sites is 1. The molecular weight excluding hydrogens is 224 g/mol. The molecule has 0 fully saturated rings. The molecule has 0 saturated carbocycles. The molecule has 0 atom stereocenters. The topological polar surface area (TPSA) is 72.2 Å². The largest absolute Gasteiger partial charge is 0.384 e. The first kappa shape index (κ1) is 13.0. The average molecular weight is 242 g/mol. The molecule has 0 aliphatic heterocycles. The second kappa shape index (κ2) is 5.32. The number of hydrogen-bond donors (Lipinski definition) is 2. The van der Waals surface area contributed by atoms with Crippen molar-refractivity contribution in [3.05, 3.63) is 29.8 Å². The summed E-state index contributed by atoms with van der Waals surface area (Å²) in [6, 6.07) is 7.87. The Balaban J connectivity index is 2.67. The van der Waals surface area contributed by atoms with Crippen molar-refractivity contribution < 1.29 is 8.42 Å². The van der Waals surface area contributed by atoms with Gasteiger partial charge in [-0.3, -0.25) is 0 Å². The number of anilines is 1. The van der Waals surface area contributed by atoms with Gasteiger partial charge in [0.1, 0.15) is 0 Å². The summed E-state index contributed by atoms with van der Waals surface area (Å²) >= 11 is 0. The summed E-state index contributed by atoms with van der Waals surface area (Å²) in [5, 5.41) is 8.02. The number of benzene rings is 1.